The molecule has 0 aliphatic rings. The molecule has 3 aromatic carbocycles. The lowest BCUT2D eigenvalue weighted by Gasteiger charge is -2.27. The monoisotopic (exact) mass is 662 g/mol. The van der Waals surface area contributed by atoms with Gasteiger partial charge in [-0.25, -0.2) is 26.6 Å². The quantitative estimate of drug-likeness (QED) is 0.170. The molecule has 242 valence electrons. The highest BCUT2D eigenvalue weighted by Gasteiger charge is 2.29. The summed E-state index contributed by atoms with van der Waals surface area (Å²) in [5, 5.41) is 2.86. The first-order chi connectivity index (χ1) is 22.2. The van der Waals surface area contributed by atoms with Crippen molar-refractivity contribution in [3.63, 3.8) is 0 Å². The third-order valence-electron chi connectivity index (χ3n) is 7.57. The number of furan rings is 1. The molecule has 3 aromatic heterocycles. The van der Waals surface area contributed by atoms with Crippen LogP contribution in [0.5, 0.6) is 0 Å². The van der Waals surface area contributed by atoms with Gasteiger partial charge in [0.2, 0.25) is 15.9 Å². The van der Waals surface area contributed by atoms with Crippen LogP contribution in [0, 0.1) is 11.6 Å². The lowest BCUT2D eigenvalue weighted by molar-refractivity contribution is 0.0964. The molecule has 6 aromatic rings. The van der Waals surface area contributed by atoms with Crippen LogP contribution in [0.3, 0.4) is 0 Å². The number of rotatable bonds is 9. The number of amides is 1. The van der Waals surface area contributed by atoms with Crippen LogP contribution in [0.1, 0.15) is 30.6 Å². The summed E-state index contributed by atoms with van der Waals surface area (Å²) in [5.41, 5.74) is 0.306. The van der Waals surface area contributed by atoms with E-state index in [1.807, 2.05) is 0 Å². The highest BCUT2D eigenvalue weighted by molar-refractivity contribution is 7.92. The van der Waals surface area contributed by atoms with Gasteiger partial charge in [-0.2, -0.15) is 4.98 Å². The van der Waals surface area contributed by atoms with Crippen molar-refractivity contribution in [1.29, 1.82) is 0 Å². The number of hydrogen-bond acceptors (Lipinski definition) is 7. The normalized spacial score (nSPS) is 12.1. The molecule has 0 spiro atoms. The molecule has 0 saturated carbocycles. The second kappa shape index (κ2) is 11.9. The Kier molecular flexibility index (Phi) is 8.04. The van der Waals surface area contributed by atoms with Gasteiger partial charge in [-0.05, 0) is 86.5 Å². The zero-order chi connectivity index (χ0) is 33.7. The summed E-state index contributed by atoms with van der Waals surface area (Å²) < 4.78 is 83.4. The van der Waals surface area contributed by atoms with Gasteiger partial charge in [0.15, 0.2) is 11.2 Å². The Morgan fingerprint density at radius 1 is 0.936 bits per heavy atom. The molecule has 0 aliphatic carbocycles. The van der Waals surface area contributed by atoms with E-state index in [-0.39, 0.29) is 63.5 Å². The van der Waals surface area contributed by atoms with Crippen molar-refractivity contribution >= 4 is 43.8 Å². The van der Waals surface area contributed by atoms with Crippen LogP contribution in [-0.4, -0.2) is 49.8 Å². The number of halogens is 3. The van der Waals surface area contributed by atoms with Crippen LogP contribution in [0.15, 0.2) is 81.8 Å². The van der Waals surface area contributed by atoms with Gasteiger partial charge in [0.25, 0.3) is 5.91 Å². The predicted molar refractivity (Wildman–Crippen MR) is 173 cm³/mol. The maximum Gasteiger partial charge on any atom is 0.255 e. The third kappa shape index (κ3) is 6.43. The minimum Gasteiger partial charge on any atom is -0.455 e. The molecule has 0 fully saturated rings. The average molecular weight is 663 g/mol. The number of sulfonamides is 1. The van der Waals surface area contributed by atoms with Gasteiger partial charge < -0.3 is 14.2 Å². The van der Waals surface area contributed by atoms with Crippen molar-refractivity contribution in [3.05, 3.63) is 90.1 Å². The molecule has 1 N–H and O–H groups in total. The van der Waals surface area contributed by atoms with Gasteiger partial charge in [0.05, 0.1) is 17.5 Å². The average Bonchev–Trinajstić information content (AvgIpc) is 3.61. The van der Waals surface area contributed by atoms with E-state index in [9.17, 15) is 22.0 Å². The van der Waals surface area contributed by atoms with E-state index in [1.165, 1.54) is 69.4 Å². The minimum atomic E-state index is -4.04. The van der Waals surface area contributed by atoms with Crippen molar-refractivity contribution in [2.24, 2.45) is 0 Å². The molecule has 0 saturated heterocycles. The van der Waals surface area contributed by atoms with Crippen molar-refractivity contribution < 1.29 is 35.2 Å². The molecule has 0 bridgehead atoms. The van der Waals surface area contributed by atoms with E-state index in [1.54, 1.807) is 24.4 Å². The second-order valence-corrected chi connectivity index (χ2v) is 13.5. The molecule has 9 nitrogen and oxygen atoms in total. The topological polar surface area (TPSA) is 119 Å². The zero-order valence-corrected chi connectivity index (χ0v) is 26.6. The van der Waals surface area contributed by atoms with Crippen molar-refractivity contribution in [2.75, 3.05) is 24.2 Å². The lowest BCUT2D eigenvalue weighted by atomic mass is 9.96. The summed E-state index contributed by atoms with van der Waals surface area (Å²) in [6, 6.07) is 15.6. The van der Waals surface area contributed by atoms with Crippen LogP contribution in [-0.2, 0) is 10.0 Å². The number of pyridine rings is 1. The van der Waals surface area contributed by atoms with Gasteiger partial charge in [-0.15, -0.1) is 0 Å². The maximum atomic E-state index is 15.4. The number of benzene rings is 3. The van der Waals surface area contributed by atoms with Gasteiger partial charge in [-0.3, -0.25) is 9.10 Å². The number of fused-ring (bicyclic) bond motifs is 2. The largest absolute Gasteiger partial charge is 0.455 e. The molecule has 3 heterocycles. The summed E-state index contributed by atoms with van der Waals surface area (Å²) >= 11 is 0. The first-order valence-corrected chi connectivity index (χ1v) is 16.3. The number of carbonyl (C=O) groups excluding carboxylic acids is 1. The zero-order valence-electron chi connectivity index (χ0n) is 25.8. The summed E-state index contributed by atoms with van der Waals surface area (Å²) in [7, 11) is -2.61. The van der Waals surface area contributed by atoms with E-state index in [0.717, 1.165) is 10.6 Å². The standard InChI is InChI=1S/C34H29F3N4O5S/c1-34(2,37)11-13-41(47(4,43)44)26-18-28-25(29(32(42)38-3)30(45-28)19-7-9-22(35)10-8-19)17-24(26)20-14-21(16-23(36)15-20)33-40-31-27(46-33)6-5-12-39-31/h5-10,12,14-18H,11,13H2,1-4H3,(H,38,42). The van der Waals surface area contributed by atoms with E-state index >= 15 is 4.39 Å². The smallest absolute Gasteiger partial charge is 0.255 e. The number of oxazole rings is 1. The number of hydrogen-bond donors (Lipinski definition) is 1. The molecule has 0 radical (unpaired) electrons. The Labute approximate surface area is 268 Å². The highest BCUT2D eigenvalue weighted by atomic mass is 32.2. The van der Waals surface area contributed by atoms with Crippen LogP contribution < -0.4 is 9.62 Å². The summed E-state index contributed by atoms with van der Waals surface area (Å²) in [6.07, 6.45) is 2.36. The molecule has 47 heavy (non-hydrogen) atoms. The Hall–Kier alpha value is -5.17. The number of nitrogens with zero attached hydrogens (tertiary/aromatic N) is 3. The van der Waals surface area contributed by atoms with Crippen molar-refractivity contribution in [1.82, 2.24) is 15.3 Å². The Bertz CT molecular complexity index is 2230. The predicted octanol–water partition coefficient (Wildman–Crippen LogP) is 7.51. The first kappa shape index (κ1) is 31.8. The first-order valence-electron chi connectivity index (χ1n) is 14.5. The third-order valence-corrected chi connectivity index (χ3v) is 8.75. The SMILES string of the molecule is CNC(=O)c1c(-c2ccc(F)cc2)oc2cc(N(CCC(C)(C)F)S(C)(=O)=O)c(-c3cc(F)cc(-c4nc5ncccc5o4)c3)cc12. The van der Waals surface area contributed by atoms with Crippen LogP contribution in [0.25, 0.3) is 56.1 Å². The fraction of sp³-hybridized carbons (Fsp3) is 0.206. The van der Waals surface area contributed by atoms with E-state index in [2.05, 4.69) is 15.3 Å². The van der Waals surface area contributed by atoms with Gasteiger partial charge in [-0.1, -0.05) is 0 Å². The Morgan fingerprint density at radius 3 is 2.32 bits per heavy atom. The number of aromatic nitrogens is 2. The van der Waals surface area contributed by atoms with E-state index in [4.69, 9.17) is 8.83 Å². The number of carbonyl (C=O) groups is 1. The van der Waals surface area contributed by atoms with Gasteiger partial charge >= 0.3 is 0 Å². The summed E-state index contributed by atoms with van der Waals surface area (Å²) in [5.74, 6) is -1.52. The summed E-state index contributed by atoms with van der Waals surface area (Å²) in [6.45, 7) is 2.42. The number of nitrogens with one attached hydrogen (secondary N) is 1. The fourth-order valence-corrected chi connectivity index (χ4v) is 6.25. The molecular weight excluding hydrogens is 633 g/mol. The maximum absolute atomic E-state index is 15.4. The molecule has 0 atom stereocenters. The number of alkyl halides is 1. The molecule has 0 aliphatic heterocycles. The molecule has 1 amide bonds. The Balaban J connectivity index is 1.65. The van der Waals surface area contributed by atoms with Crippen LogP contribution in [0.2, 0.25) is 0 Å². The molecular formula is C34H29F3N4O5S. The van der Waals surface area contributed by atoms with Crippen molar-refractivity contribution in [2.45, 2.75) is 25.9 Å². The van der Waals surface area contributed by atoms with Crippen LogP contribution in [0.4, 0.5) is 18.9 Å². The van der Waals surface area contributed by atoms with Gasteiger partial charge in [0.1, 0.15) is 28.6 Å². The van der Waals surface area contributed by atoms with E-state index in [0.29, 0.717) is 16.8 Å². The van der Waals surface area contributed by atoms with Crippen LogP contribution >= 0.6 is 0 Å². The molecule has 13 heteroatoms. The van der Waals surface area contributed by atoms with E-state index < -0.39 is 33.2 Å². The molecule has 0 unspecified atom stereocenters. The van der Waals surface area contributed by atoms with Crippen molar-refractivity contribution in [3.8, 4) is 33.9 Å². The van der Waals surface area contributed by atoms with Gasteiger partial charge in [0, 0.05) is 47.9 Å². The minimum absolute atomic E-state index is 0.0582. The second-order valence-electron chi connectivity index (χ2n) is 11.6. The summed E-state index contributed by atoms with van der Waals surface area (Å²) in [4.78, 5) is 21.8. The Morgan fingerprint density at radius 2 is 1.66 bits per heavy atom. The molecule has 6 rings (SSSR count). The fourth-order valence-electron chi connectivity index (χ4n) is 5.32. The number of anilines is 1. The highest BCUT2D eigenvalue weighted by Crippen LogP contribution is 2.43. The lowest BCUT2D eigenvalue weighted by Crippen LogP contribution is -2.34.